The maximum atomic E-state index is 12.2. The van der Waals surface area contributed by atoms with E-state index in [4.69, 9.17) is 11.6 Å². The monoisotopic (exact) mass is 383 g/mol. The van der Waals surface area contributed by atoms with E-state index in [0.29, 0.717) is 16.6 Å². The van der Waals surface area contributed by atoms with Gasteiger partial charge in [0.2, 0.25) is 0 Å². The number of halogens is 1. The van der Waals surface area contributed by atoms with Gasteiger partial charge in [0.05, 0.1) is 5.02 Å². The molecule has 130 valence electrons. The maximum Gasteiger partial charge on any atom is 0.320 e. The maximum absolute atomic E-state index is 12.2. The summed E-state index contributed by atoms with van der Waals surface area (Å²) < 4.78 is 2.85. The molecule has 0 aliphatic heterocycles. The third-order valence-electron chi connectivity index (χ3n) is 3.79. The number of nitrogens with zero attached hydrogens (tertiary/aromatic N) is 3. The number of carbonyl (C=O) groups is 1. The number of carbonyl (C=O) groups excluding carboxylic acids is 1. The van der Waals surface area contributed by atoms with Crippen LogP contribution in [-0.2, 0) is 6.54 Å². The van der Waals surface area contributed by atoms with Gasteiger partial charge < -0.3 is 5.32 Å². The lowest BCUT2D eigenvalue weighted by Crippen LogP contribution is -2.27. The quantitative estimate of drug-likeness (QED) is 0.546. The van der Waals surface area contributed by atoms with Crippen molar-refractivity contribution < 1.29 is 4.79 Å². The lowest BCUT2D eigenvalue weighted by molar-refractivity contribution is 0.252. The number of urea groups is 1. The minimum Gasteiger partial charge on any atom is -0.334 e. The fraction of sp³-hybridized carbons (Fsp3) is 0.0556. The molecule has 0 fully saturated rings. The Balaban J connectivity index is 1.38. The van der Waals surface area contributed by atoms with E-state index in [1.165, 1.54) is 11.3 Å². The smallest absolute Gasteiger partial charge is 0.320 e. The summed E-state index contributed by atoms with van der Waals surface area (Å²) in [6.45, 7) is 0.367. The molecule has 0 spiro atoms. The zero-order chi connectivity index (χ0) is 17.9. The van der Waals surface area contributed by atoms with Gasteiger partial charge in [0.15, 0.2) is 0 Å². The highest BCUT2D eigenvalue weighted by Gasteiger charge is 2.12. The van der Waals surface area contributed by atoms with Gasteiger partial charge >= 0.3 is 6.03 Å². The lowest BCUT2D eigenvalue weighted by atomic mass is 10.3. The van der Waals surface area contributed by atoms with E-state index >= 15 is 0 Å². The molecule has 6 nitrogen and oxygen atoms in total. The van der Waals surface area contributed by atoms with E-state index in [1.54, 1.807) is 18.7 Å². The van der Waals surface area contributed by atoms with Crippen molar-refractivity contribution in [3.8, 4) is 5.82 Å². The van der Waals surface area contributed by atoms with Crippen molar-refractivity contribution in [2.75, 3.05) is 5.32 Å². The van der Waals surface area contributed by atoms with Crippen molar-refractivity contribution in [2.24, 2.45) is 0 Å². The Morgan fingerprint density at radius 3 is 2.85 bits per heavy atom. The second kappa shape index (κ2) is 7.15. The second-order valence-corrected chi connectivity index (χ2v) is 6.97. The van der Waals surface area contributed by atoms with Gasteiger partial charge in [0.1, 0.15) is 17.1 Å². The van der Waals surface area contributed by atoms with Crippen LogP contribution in [0.5, 0.6) is 0 Å². The van der Waals surface area contributed by atoms with Crippen LogP contribution < -0.4 is 10.6 Å². The Kier molecular flexibility index (Phi) is 4.55. The normalized spacial score (nSPS) is 10.8. The van der Waals surface area contributed by atoms with Gasteiger partial charge in [-0.3, -0.25) is 9.88 Å². The minimum absolute atomic E-state index is 0.308. The van der Waals surface area contributed by atoms with Crippen LogP contribution in [0.1, 0.15) is 5.56 Å². The van der Waals surface area contributed by atoms with Gasteiger partial charge in [-0.15, -0.1) is 11.3 Å². The van der Waals surface area contributed by atoms with Crippen molar-refractivity contribution in [1.29, 1.82) is 0 Å². The molecular weight excluding hydrogens is 370 g/mol. The molecule has 3 heterocycles. The number of imidazole rings is 1. The van der Waals surface area contributed by atoms with Crippen LogP contribution in [0.25, 0.3) is 15.9 Å². The Morgan fingerprint density at radius 1 is 1.23 bits per heavy atom. The van der Waals surface area contributed by atoms with Gasteiger partial charge in [-0.1, -0.05) is 35.9 Å². The van der Waals surface area contributed by atoms with Gasteiger partial charge in [0, 0.05) is 35.2 Å². The van der Waals surface area contributed by atoms with Crippen molar-refractivity contribution in [3.05, 3.63) is 71.9 Å². The van der Waals surface area contributed by atoms with E-state index in [1.807, 2.05) is 47.2 Å². The predicted octanol–water partition coefficient (Wildman–Crippen LogP) is 4.46. The van der Waals surface area contributed by atoms with Gasteiger partial charge in [-0.2, -0.15) is 0 Å². The summed E-state index contributed by atoms with van der Waals surface area (Å²) in [5.41, 5.74) is 0.895. The van der Waals surface area contributed by atoms with Gasteiger partial charge in [-0.25, -0.2) is 14.8 Å². The second-order valence-electron chi connectivity index (χ2n) is 5.54. The molecule has 0 atom stereocenters. The van der Waals surface area contributed by atoms with Crippen LogP contribution in [0.3, 0.4) is 0 Å². The molecule has 26 heavy (non-hydrogen) atoms. The summed E-state index contributed by atoms with van der Waals surface area (Å²) in [4.78, 5) is 20.5. The number of thiophene rings is 1. The molecule has 2 N–H and O–H groups in total. The third-order valence-corrected chi connectivity index (χ3v) is 5.38. The number of amides is 2. The number of pyridine rings is 1. The number of hydrogen-bond acceptors (Lipinski definition) is 4. The van der Waals surface area contributed by atoms with E-state index in [2.05, 4.69) is 20.6 Å². The highest BCUT2D eigenvalue weighted by atomic mass is 35.5. The van der Waals surface area contributed by atoms with Crippen molar-refractivity contribution >= 4 is 44.1 Å². The molecule has 2 amide bonds. The summed E-state index contributed by atoms with van der Waals surface area (Å²) >= 11 is 7.78. The molecule has 0 saturated heterocycles. The molecule has 1 aromatic carbocycles. The number of anilines is 1. The van der Waals surface area contributed by atoms with E-state index in [-0.39, 0.29) is 6.03 Å². The number of fused-ring (bicyclic) bond motifs is 1. The van der Waals surface area contributed by atoms with Crippen LogP contribution in [0.2, 0.25) is 5.02 Å². The predicted molar refractivity (Wildman–Crippen MR) is 104 cm³/mol. The van der Waals surface area contributed by atoms with E-state index < -0.39 is 0 Å². The molecule has 4 rings (SSSR count). The summed E-state index contributed by atoms with van der Waals surface area (Å²) in [5.74, 6) is 0.771. The molecule has 8 heteroatoms. The molecular formula is C18H14ClN5OS. The van der Waals surface area contributed by atoms with Crippen molar-refractivity contribution in [3.63, 3.8) is 0 Å². The fourth-order valence-electron chi connectivity index (χ4n) is 2.49. The Morgan fingerprint density at radius 2 is 2.12 bits per heavy atom. The summed E-state index contributed by atoms with van der Waals surface area (Å²) in [6, 6.07) is 11.3. The molecule has 0 aliphatic carbocycles. The molecule has 0 radical (unpaired) electrons. The largest absolute Gasteiger partial charge is 0.334 e. The Labute approximate surface area is 158 Å². The van der Waals surface area contributed by atoms with Crippen LogP contribution in [-0.4, -0.2) is 20.6 Å². The number of nitrogens with one attached hydrogen (secondary N) is 2. The first-order valence-electron chi connectivity index (χ1n) is 7.86. The van der Waals surface area contributed by atoms with Crippen LogP contribution in [0.15, 0.2) is 61.3 Å². The van der Waals surface area contributed by atoms with Gasteiger partial charge in [0.25, 0.3) is 0 Å². The van der Waals surface area contributed by atoms with Gasteiger partial charge in [-0.05, 0) is 17.7 Å². The average molecular weight is 384 g/mol. The number of aromatic nitrogens is 3. The number of benzene rings is 1. The summed E-state index contributed by atoms with van der Waals surface area (Å²) in [5, 5.41) is 7.76. The SMILES string of the molecule is O=C(NCc1ccc(-n2ccnc2)nc1)Nc1sc2ccccc2c1Cl. The summed E-state index contributed by atoms with van der Waals surface area (Å²) in [6.07, 6.45) is 6.92. The van der Waals surface area contributed by atoms with Crippen molar-refractivity contribution in [1.82, 2.24) is 19.9 Å². The highest BCUT2D eigenvalue weighted by Crippen LogP contribution is 2.39. The van der Waals surface area contributed by atoms with E-state index in [0.717, 1.165) is 21.5 Å². The number of hydrogen-bond donors (Lipinski definition) is 2. The molecule has 0 unspecified atom stereocenters. The van der Waals surface area contributed by atoms with E-state index in [9.17, 15) is 4.79 Å². The van der Waals surface area contributed by atoms with Crippen LogP contribution in [0, 0.1) is 0 Å². The Bertz CT molecular complexity index is 1040. The topological polar surface area (TPSA) is 71.8 Å². The molecule has 3 aromatic heterocycles. The lowest BCUT2D eigenvalue weighted by Gasteiger charge is -2.07. The van der Waals surface area contributed by atoms with Crippen LogP contribution >= 0.6 is 22.9 Å². The summed E-state index contributed by atoms with van der Waals surface area (Å²) in [7, 11) is 0. The molecule has 4 aromatic rings. The number of rotatable bonds is 4. The highest BCUT2D eigenvalue weighted by molar-refractivity contribution is 7.23. The zero-order valence-corrected chi connectivity index (χ0v) is 15.1. The average Bonchev–Trinajstić information content (AvgIpc) is 3.30. The first-order chi connectivity index (χ1) is 12.7. The first-order valence-corrected chi connectivity index (χ1v) is 9.05. The molecule has 0 saturated carbocycles. The standard InChI is InChI=1S/C18H14ClN5OS/c19-16-13-3-1-2-4-14(13)26-17(16)23-18(25)22-10-12-5-6-15(21-9-12)24-8-7-20-11-24/h1-9,11H,10H2,(H2,22,23,25). The first kappa shape index (κ1) is 16.6. The zero-order valence-electron chi connectivity index (χ0n) is 13.5. The minimum atomic E-state index is -0.308. The third kappa shape index (κ3) is 3.40. The molecule has 0 bridgehead atoms. The van der Waals surface area contributed by atoms with Crippen molar-refractivity contribution in [2.45, 2.75) is 6.54 Å². The fourth-order valence-corrected chi connectivity index (χ4v) is 3.87. The Hall–Kier alpha value is -2.90. The molecule has 0 aliphatic rings. The van der Waals surface area contributed by atoms with Crippen LogP contribution in [0.4, 0.5) is 9.80 Å².